The van der Waals surface area contributed by atoms with Gasteiger partial charge in [-0.2, -0.15) is 0 Å². The number of nitrogens with one attached hydrogen (secondary N) is 1. The molecule has 0 saturated heterocycles. The Bertz CT molecular complexity index is 817. The Morgan fingerprint density at radius 2 is 2.00 bits per heavy atom. The molecule has 0 bridgehead atoms. The Morgan fingerprint density at radius 1 is 1.32 bits per heavy atom. The lowest BCUT2D eigenvalue weighted by molar-refractivity contribution is 0.0593. The number of rotatable bonds is 5. The number of methoxy groups -OCH3 is 1. The van der Waals surface area contributed by atoms with E-state index in [1.165, 1.54) is 7.11 Å². The number of hydrogen-bond acceptors (Lipinski definition) is 4. The molecule has 5 nitrogen and oxygen atoms in total. The first-order chi connectivity index (χ1) is 11.8. The van der Waals surface area contributed by atoms with Crippen LogP contribution in [0.1, 0.15) is 37.7 Å². The van der Waals surface area contributed by atoms with Crippen molar-refractivity contribution in [3.63, 3.8) is 0 Å². The number of esters is 1. The molecule has 134 valence electrons. The Labute approximate surface area is 156 Å². The van der Waals surface area contributed by atoms with Crippen LogP contribution < -0.4 is 0 Å². The highest BCUT2D eigenvalue weighted by molar-refractivity contribution is 7.98. The molecule has 1 heterocycles. The van der Waals surface area contributed by atoms with Gasteiger partial charge in [-0.15, -0.1) is 11.8 Å². The number of amides is 1. The minimum Gasteiger partial charge on any atom is -0.464 e. The van der Waals surface area contributed by atoms with E-state index in [0.29, 0.717) is 22.8 Å². The fourth-order valence-electron chi connectivity index (χ4n) is 2.64. The lowest BCUT2D eigenvalue weighted by Gasteiger charge is -2.19. The average Bonchev–Trinajstić information content (AvgIpc) is 2.89. The number of aromatic amines is 1. The van der Waals surface area contributed by atoms with Gasteiger partial charge >= 0.3 is 5.97 Å². The van der Waals surface area contributed by atoms with Crippen molar-refractivity contribution in [1.29, 1.82) is 0 Å². The van der Waals surface area contributed by atoms with Crippen molar-refractivity contribution in [2.75, 3.05) is 20.4 Å². The zero-order chi connectivity index (χ0) is 18.7. The summed E-state index contributed by atoms with van der Waals surface area (Å²) in [4.78, 5) is 30.2. The van der Waals surface area contributed by atoms with Crippen molar-refractivity contribution in [2.24, 2.45) is 0 Å². The molecule has 1 N–H and O–H groups in total. The van der Waals surface area contributed by atoms with Gasteiger partial charge < -0.3 is 14.6 Å². The van der Waals surface area contributed by atoms with E-state index in [1.807, 2.05) is 26.2 Å². The second-order valence-electron chi connectivity index (χ2n) is 5.73. The van der Waals surface area contributed by atoms with E-state index in [9.17, 15) is 9.59 Å². The lowest BCUT2D eigenvalue weighted by Crippen LogP contribution is -2.27. The highest BCUT2D eigenvalue weighted by Crippen LogP contribution is 2.25. The standard InChI is InChI=1S/C18H21ClN2O3S/c1-10-14(11(2)20-16(10)18(23)24-4)9-21(3)17(22)13-8-12(25-5)6-7-15(13)19/h6-8,20H,9H2,1-5H3. The normalized spacial score (nSPS) is 10.6. The van der Waals surface area contributed by atoms with E-state index < -0.39 is 5.97 Å². The summed E-state index contributed by atoms with van der Waals surface area (Å²) in [5.74, 6) is -0.586. The van der Waals surface area contributed by atoms with Crippen LogP contribution in [0.4, 0.5) is 0 Å². The van der Waals surface area contributed by atoms with Crippen LogP contribution in [0, 0.1) is 13.8 Å². The predicted molar refractivity (Wildman–Crippen MR) is 101 cm³/mol. The first kappa shape index (κ1) is 19.4. The molecule has 2 aromatic rings. The highest BCUT2D eigenvalue weighted by Gasteiger charge is 2.22. The fourth-order valence-corrected chi connectivity index (χ4v) is 3.28. The van der Waals surface area contributed by atoms with Gasteiger partial charge in [0.15, 0.2) is 0 Å². The third-order valence-electron chi connectivity index (χ3n) is 4.13. The van der Waals surface area contributed by atoms with E-state index in [2.05, 4.69) is 4.98 Å². The molecule has 25 heavy (non-hydrogen) atoms. The number of H-pyrrole nitrogens is 1. The molecule has 0 fully saturated rings. The van der Waals surface area contributed by atoms with Gasteiger partial charge in [-0.25, -0.2) is 4.79 Å². The smallest absolute Gasteiger partial charge is 0.354 e. The molecular formula is C18H21ClN2O3S. The van der Waals surface area contributed by atoms with Gasteiger partial charge in [0.05, 0.1) is 17.7 Å². The van der Waals surface area contributed by atoms with Crippen molar-refractivity contribution in [2.45, 2.75) is 25.3 Å². The zero-order valence-electron chi connectivity index (χ0n) is 14.9. The number of ether oxygens (including phenoxy) is 1. The summed E-state index contributed by atoms with van der Waals surface area (Å²) in [6.45, 7) is 4.07. The Kier molecular flexibility index (Phi) is 6.19. The number of halogens is 1. The SMILES string of the molecule is COC(=O)c1[nH]c(C)c(CN(C)C(=O)c2cc(SC)ccc2Cl)c1C. The van der Waals surface area contributed by atoms with Crippen LogP contribution in [0.15, 0.2) is 23.1 Å². The molecular weight excluding hydrogens is 360 g/mol. The topological polar surface area (TPSA) is 62.4 Å². The summed E-state index contributed by atoms with van der Waals surface area (Å²) in [6.07, 6.45) is 1.95. The van der Waals surface area contributed by atoms with Gasteiger partial charge in [-0.3, -0.25) is 4.79 Å². The number of hydrogen-bond donors (Lipinski definition) is 1. The van der Waals surface area contributed by atoms with E-state index in [0.717, 1.165) is 21.7 Å². The molecule has 0 aliphatic heterocycles. The second-order valence-corrected chi connectivity index (χ2v) is 7.01. The van der Waals surface area contributed by atoms with Gasteiger partial charge in [0.2, 0.25) is 0 Å². The maximum atomic E-state index is 12.8. The number of aryl methyl sites for hydroxylation is 1. The van der Waals surface area contributed by atoms with Gasteiger partial charge in [0, 0.05) is 24.2 Å². The maximum Gasteiger partial charge on any atom is 0.354 e. The van der Waals surface area contributed by atoms with Crippen LogP contribution in [-0.2, 0) is 11.3 Å². The molecule has 0 radical (unpaired) electrons. The maximum absolute atomic E-state index is 12.8. The number of benzene rings is 1. The van der Waals surface area contributed by atoms with Gasteiger partial charge in [0.1, 0.15) is 5.69 Å². The minimum absolute atomic E-state index is 0.166. The summed E-state index contributed by atoms with van der Waals surface area (Å²) >= 11 is 7.75. The molecule has 0 atom stereocenters. The summed E-state index contributed by atoms with van der Waals surface area (Å²) in [6, 6.07) is 5.41. The summed E-state index contributed by atoms with van der Waals surface area (Å²) in [7, 11) is 3.06. The number of aromatic nitrogens is 1. The van der Waals surface area contributed by atoms with Crippen LogP contribution in [0.5, 0.6) is 0 Å². The fraction of sp³-hybridized carbons (Fsp3) is 0.333. The molecule has 0 spiro atoms. The number of carbonyl (C=O) groups excluding carboxylic acids is 2. The first-order valence-electron chi connectivity index (χ1n) is 7.65. The average molecular weight is 381 g/mol. The van der Waals surface area contributed by atoms with Crippen LogP contribution in [0.2, 0.25) is 5.02 Å². The summed E-state index contributed by atoms with van der Waals surface area (Å²) < 4.78 is 4.78. The van der Waals surface area contributed by atoms with Crippen molar-refractivity contribution in [3.05, 3.63) is 51.3 Å². The number of carbonyl (C=O) groups is 2. The minimum atomic E-state index is -0.420. The molecule has 0 saturated carbocycles. The first-order valence-corrected chi connectivity index (χ1v) is 9.25. The van der Waals surface area contributed by atoms with Crippen LogP contribution >= 0.6 is 23.4 Å². The van der Waals surface area contributed by atoms with E-state index in [1.54, 1.807) is 35.8 Å². The quantitative estimate of drug-likeness (QED) is 0.627. The van der Waals surface area contributed by atoms with Crippen molar-refractivity contribution in [3.8, 4) is 0 Å². The van der Waals surface area contributed by atoms with Gasteiger partial charge in [0.25, 0.3) is 5.91 Å². The molecule has 1 amide bonds. The van der Waals surface area contributed by atoms with E-state index in [-0.39, 0.29) is 5.91 Å². The Hall–Kier alpha value is -1.92. The Balaban J connectivity index is 2.28. The van der Waals surface area contributed by atoms with E-state index in [4.69, 9.17) is 16.3 Å². The van der Waals surface area contributed by atoms with Crippen molar-refractivity contribution < 1.29 is 14.3 Å². The van der Waals surface area contributed by atoms with Crippen LogP contribution in [-0.4, -0.2) is 42.2 Å². The van der Waals surface area contributed by atoms with Crippen molar-refractivity contribution in [1.82, 2.24) is 9.88 Å². The second kappa shape index (κ2) is 7.97. The van der Waals surface area contributed by atoms with Crippen LogP contribution in [0.25, 0.3) is 0 Å². The largest absolute Gasteiger partial charge is 0.464 e. The monoisotopic (exact) mass is 380 g/mol. The molecule has 1 aromatic heterocycles. The molecule has 0 aliphatic carbocycles. The molecule has 2 rings (SSSR count). The molecule has 1 aromatic carbocycles. The van der Waals surface area contributed by atoms with Gasteiger partial charge in [-0.1, -0.05) is 11.6 Å². The van der Waals surface area contributed by atoms with Crippen molar-refractivity contribution >= 4 is 35.2 Å². The highest BCUT2D eigenvalue weighted by atomic mass is 35.5. The van der Waals surface area contributed by atoms with Gasteiger partial charge in [-0.05, 0) is 49.4 Å². The predicted octanol–water partition coefficient (Wildman–Crippen LogP) is 4.07. The van der Waals surface area contributed by atoms with Crippen LogP contribution in [0.3, 0.4) is 0 Å². The number of thioether (sulfide) groups is 1. The summed E-state index contributed by atoms with van der Waals surface area (Å²) in [5, 5.41) is 0.424. The lowest BCUT2D eigenvalue weighted by atomic mass is 10.1. The summed E-state index contributed by atoms with van der Waals surface area (Å²) in [5.41, 5.74) is 3.40. The van der Waals surface area contributed by atoms with E-state index >= 15 is 0 Å². The molecule has 0 aliphatic rings. The zero-order valence-corrected chi connectivity index (χ0v) is 16.5. The number of nitrogens with zero attached hydrogens (tertiary/aromatic N) is 1. The molecule has 0 unspecified atom stereocenters. The third-order valence-corrected chi connectivity index (χ3v) is 5.18. The molecule has 7 heteroatoms. The Morgan fingerprint density at radius 3 is 2.60 bits per heavy atom. The third kappa shape index (κ3) is 4.02.